The third-order valence-corrected chi connectivity index (χ3v) is 4.11. The van der Waals surface area contributed by atoms with E-state index in [0.717, 1.165) is 12.0 Å². The minimum Gasteiger partial charge on any atom is -0.346 e. The number of rotatable bonds is 6. The lowest BCUT2D eigenvalue weighted by Crippen LogP contribution is -2.49. The molecule has 6 heteroatoms. The number of nitrogens with one attached hydrogen (secondary N) is 1. The smallest absolute Gasteiger partial charge is 0.267 e. The molecule has 0 radical (unpaired) electrons. The van der Waals surface area contributed by atoms with Gasteiger partial charge < -0.3 is 5.32 Å². The van der Waals surface area contributed by atoms with Crippen molar-refractivity contribution in [2.75, 3.05) is 5.75 Å². The molecule has 0 unspecified atom stereocenters. The van der Waals surface area contributed by atoms with Gasteiger partial charge in [-0.1, -0.05) is 33.3 Å². The lowest BCUT2D eigenvalue weighted by atomic mass is 9.85. The van der Waals surface area contributed by atoms with E-state index in [0.29, 0.717) is 12.0 Å². The quantitative estimate of drug-likeness (QED) is 0.582. The van der Waals surface area contributed by atoms with Crippen LogP contribution in [0.25, 0.3) is 0 Å². The maximum Gasteiger partial charge on any atom is 0.267 e. The molecule has 0 aromatic rings. The van der Waals surface area contributed by atoms with E-state index in [2.05, 4.69) is 5.32 Å². The molecule has 0 spiro atoms. The summed E-state index contributed by atoms with van der Waals surface area (Å²) in [6.45, 7) is 13.2. The first kappa shape index (κ1) is 20.1. The van der Waals surface area contributed by atoms with Crippen molar-refractivity contribution in [2.45, 2.75) is 66.8 Å². The molecule has 21 heavy (non-hydrogen) atoms. The Balaban J connectivity index is 5.26. The van der Waals surface area contributed by atoms with Crippen molar-refractivity contribution < 1.29 is 17.8 Å². The Hall–Kier alpha value is -0.880. The summed E-state index contributed by atoms with van der Waals surface area (Å²) in [6, 6.07) is 0. The Bertz CT molecular complexity index is 510. The number of hydrogen-bond acceptors (Lipinski definition) is 3. The van der Waals surface area contributed by atoms with Crippen molar-refractivity contribution in [3.8, 4) is 0 Å². The van der Waals surface area contributed by atoms with Gasteiger partial charge in [0.25, 0.3) is 10.1 Å². The number of carbonyl (C=O) groups is 1. The van der Waals surface area contributed by atoms with E-state index in [1.54, 1.807) is 13.8 Å². The van der Waals surface area contributed by atoms with E-state index in [1.165, 1.54) is 0 Å². The van der Waals surface area contributed by atoms with Crippen LogP contribution in [-0.4, -0.2) is 30.2 Å². The van der Waals surface area contributed by atoms with Crippen LogP contribution in [0, 0.1) is 5.41 Å². The first-order valence-electron chi connectivity index (χ1n) is 7.13. The molecule has 0 atom stereocenters. The second-order valence-electron chi connectivity index (χ2n) is 7.41. The summed E-state index contributed by atoms with van der Waals surface area (Å²) in [5, 5.41) is 2.71. The highest BCUT2D eigenvalue weighted by Crippen LogP contribution is 2.27. The third kappa shape index (κ3) is 8.88. The maximum atomic E-state index is 12.5. The fraction of sp³-hybridized carbons (Fsp3) is 0.800. The van der Waals surface area contributed by atoms with Crippen LogP contribution in [0.4, 0.5) is 0 Å². The summed E-state index contributed by atoms with van der Waals surface area (Å²) < 4.78 is 31.0. The van der Waals surface area contributed by atoms with Gasteiger partial charge in [-0.25, -0.2) is 0 Å². The van der Waals surface area contributed by atoms with E-state index in [9.17, 15) is 13.2 Å². The van der Waals surface area contributed by atoms with Crippen LogP contribution in [0.3, 0.4) is 0 Å². The molecular weight excluding hydrogens is 290 g/mol. The zero-order valence-corrected chi connectivity index (χ0v) is 15.0. The molecule has 0 saturated heterocycles. The molecule has 0 saturated carbocycles. The van der Waals surface area contributed by atoms with Gasteiger partial charge in [-0.15, -0.1) is 0 Å². The predicted octanol–water partition coefficient (Wildman–Crippen LogP) is 2.93. The largest absolute Gasteiger partial charge is 0.346 e. The Morgan fingerprint density at radius 2 is 1.62 bits per heavy atom. The molecule has 0 aromatic carbocycles. The van der Waals surface area contributed by atoms with E-state index in [4.69, 9.17) is 4.55 Å². The highest BCUT2D eigenvalue weighted by Gasteiger charge is 2.29. The SMILES string of the molecule is CC/C(C)=C(\CC(C)(C)C)C(=O)NC(C)(C)CS(=O)(=O)O. The van der Waals surface area contributed by atoms with Gasteiger partial charge >= 0.3 is 0 Å². The van der Waals surface area contributed by atoms with E-state index in [1.807, 2.05) is 34.6 Å². The highest BCUT2D eigenvalue weighted by atomic mass is 32.2. The fourth-order valence-electron chi connectivity index (χ4n) is 2.04. The predicted molar refractivity (Wildman–Crippen MR) is 85.7 cm³/mol. The van der Waals surface area contributed by atoms with Gasteiger partial charge in [0.05, 0.1) is 11.3 Å². The zero-order valence-electron chi connectivity index (χ0n) is 14.2. The molecule has 0 bridgehead atoms. The van der Waals surface area contributed by atoms with Crippen molar-refractivity contribution in [1.82, 2.24) is 5.32 Å². The number of carbonyl (C=O) groups excluding carboxylic acids is 1. The van der Waals surface area contributed by atoms with Gasteiger partial charge in [0.1, 0.15) is 0 Å². The molecule has 1 amide bonds. The lowest BCUT2D eigenvalue weighted by molar-refractivity contribution is -0.119. The first-order valence-corrected chi connectivity index (χ1v) is 8.74. The second-order valence-corrected chi connectivity index (χ2v) is 8.87. The topological polar surface area (TPSA) is 83.5 Å². The summed E-state index contributed by atoms with van der Waals surface area (Å²) in [4.78, 5) is 12.5. The van der Waals surface area contributed by atoms with Crippen LogP contribution in [0.1, 0.15) is 61.3 Å². The van der Waals surface area contributed by atoms with Gasteiger partial charge in [0.2, 0.25) is 5.91 Å². The van der Waals surface area contributed by atoms with E-state index < -0.39 is 21.4 Å². The van der Waals surface area contributed by atoms with Gasteiger partial charge in [-0.2, -0.15) is 8.42 Å². The van der Waals surface area contributed by atoms with Crippen molar-refractivity contribution in [3.05, 3.63) is 11.1 Å². The molecule has 0 heterocycles. The number of hydrogen-bond donors (Lipinski definition) is 2. The minimum absolute atomic E-state index is 0.0453. The zero-order chi connectivity index (χ0) is 17.1. The van der Waals surface area contributed by atoms with Crippen LogP contribution in [0.5, 0.6) is 0 Å². The van der Waals surface area contributed by atoms with Crippen LogP contribution in [0.15, 0.2) is 11.1 Å². The van der Waals surface area contributed by atoms with Crippen molar-refractivity contribution in [1.29, 1.82) is 0 Å². The summed E-state index contributed by atoms with van der Waals surface area (Å²) in [5.41, 5.74) is 0.608. The summed E-state index contributed by atoms with van der Waals surface area (Å²) in [7, 11) is -4.14. The Labute approximate surface area is 128 Å². The standard InChI is InChI=1S/C15H29NO4S/c1-8-11(2)12(9-14(3,4)5)13(17)16-15(6,7)10-21(18,19)20/h8-10H2,1-7H3,(H,16,17)(H,18,19,20)/b12-11+. The molecule has 0 fully saturated rings. The first-order chi connectivity index (χ1) is 9.17. The van der Waals surface area contributed by atoms with Gasteiger partial charge in [0.15, 0.2) is 0 Å². The average Bonchev–Trinajstić information content (AvgIpc) is 2.19. The summed E-state index contributed by atoms with van der Waals surface area (Å²) in [5.74, 6) is -0.780. The van der Waals surface area contributed by atoms with Crippen LogP contribution < -0.4 is 5.32 Å². The Kier molecular flexibility index (Phi) is 6.63. The molecule has 2 N–H and O–H groups in total. The number of allylic oxidation sites excluding steroid dienone is 1. The summed E-state index contributed by atoms with van der Waals surface area (Å²) in [6.07, 6.45) is 1.37. The number of amides is 1. The van der Waals surface area contributed by atoms with Gasteiger partial charge in [-0.3, -0.25) is 9.35 Å². The second kappa shape index (κ2) is 6.92. The molecule has 0 aliphatic carbocycles. The van der Waals surface area contributed by atoms with Crippen molar-refractivity contribution >= 4 is 16.0 Å². The van der Waals surface area contributed by atoms with Gasteiger partial charge in [0, 0.05) is 5.57 Å². The highest BCUT2D eigenvalue weighted by molar-refractivity contribution is 7.85. The van der Waals surface area contributed by atoms with E-state index >= 15 is 0 Å². The lowest BCUT2D eigenvalue weighted by Gasteiger charge is -2.28. The molecule has 0 rings (SSSR count). The van der Waals surface area contributed by atoms with Gasteiger partial charge in [-0.05, 0) is 39.0 Å². The van der Waals surface area contributed by atoms with Crippen LogP contribution in [0.2, 0.25) is 0 Å². The fourth-order valence-corrected chi connectivity index (χ4v) is 3.03. The normalized spacial score (nSPS) is 14.7. The third-order valence-electron chi connectivity index (χ3n) is 3.02. The summed E-state index contributed by atoms with van der Waals surface area (Å²) >= 11 is 0. The monoisotopic (exact) mass is 319 g/mol. The Morgan fingerprint density at radius 3 is 1.95 bits per heavy atom. The maximum absolute atomic E-state index is 12.5. The average molecular weight is 319 g/mol. The van der Waals surface area contributed by atoms with E-state index in [-0.39, 0.29) is 11.3 Å². The van der Waals surface area contributed by atoms with Crippen LogP contribution >= 0.6 is 0 Å². The minimum atomic E-state index is -4.14. The molecule has 5 nitrogen and oxygen atoms in total. The van der Waals surface area contributed by atoms with Crippen molar-refractivity contribution in [2.24, 2.45) is 5.41 Å². The molecular formula is C15H29NO4S. The van der Waals surface area contributed by atoms with Crippen molar-refractivity contribution in [3.63, 3.8) is 0 Å². The Morgan fingerprint density at radius 1 is 1.14 bits per heavy atom. The molecule has 0 aromatic heterocycles. The molecule has 0 aliphatic heterocycles. The molecule has 0 aliphatic rings. The molecule has 124 valence electrons. The van der Waals surface area contributed by atoms with Crippen LogP contribution in [-0.2, 0) is 14.9 Å².